The predicted octanol–water partition coefficient (Wildman–Crippen LogP) is 1.25. The van der Waals surface area contributed by atoms with Crippen molar-refractivity contribution in [2.24, 2.45) is 10.7 Å². The van der Waals surface area contributed by atoms with E-state index in [1.165, 1.54) is 12.3 Å². The summed E-state index contributed by atoms with van der Waals surface area (Å²) in [5.74, 6) is 0.411. The van der Waals surface area contributed by atoms with Gasteiger partial charge in [-0.2, -0.15) is 8.78 Å². The van der Waals surface area contributed by atoms with Gasteiger partial charge in [0.1, 0.15) is 5.75 Å². The second-order valence-corrected chi connectivity index (χ2v) is 3.98. The van der Waals surface area contributed by atoms with E-state index in [1.54, 1.807) is 6.07 Å². The van der Waals surface area contributed by atoms with E-state index in [-0.39, 0.29) is 5.75 Å². The molecule has 0 atom stereocenters. The lowest BCUT2D eigenvalue weighted by Crippen LogP contribution is -2.33. The van der Waals surface area contributed by atoms with Gasteiger partial charge in [0.25, 0.3) is 0 Å². The number of rotatable bonds is 5. The Morgan fingerprint density at radius 1 is 1.56 bits per heavy atom. The number of halogens is 2. The highest BCUT2D eigenvalue weighted by molar-refractivity contribution is 5.78. The molecule has 1 aliphatic rings. The maximum absolute atomic E-state index is 11.9. The molecule has 98 valence electrons. The average molecular weight is 256 g/mol. The molecule has 2 rings (SSSR count). The van der Waals surface area contributed by atoms with Crippen molar-refractivity contribution in [2.75, 3.05) is 0 Å². The molecule has 0 saturated heterocycles. The molecule has 1 aliphatic carbocycles. The largest absolute Gasteiger partial charge is 0.433 e. The number of nitrogens with two attached hydrogens (primary N) is 1. The minimum absolute atomic E-state index is 0.0295. The third kappa shape index (κ3) is 4.15. The van der Waals surface area contributed by atoms with Crippen molar-refractivity contribution < 1.29 is 13.5 Å². The molecule has 18 heavy (non-hydrogen) atoms. The van der Waals surface area contributed by atoms with Crippen molar-refractivity contribution in [2.45, 2.75) is 32.0 Å². The van der Waals surface area contributed by atoms with Crippen LogP contribution >= 0.6 is 0 Å². The number of guanidine groups is 1. The first-order valence-electron chi connectivity index (χ1n) is 5.59. The molecule has 7 heteroatoms. The number of hydrogen-bond acceptors (Lipinski definition) is 3. The Morgan fingerprint density at radius 3 is 2.89 bits per heavy atom. The topological polar surface area (TPSA) is 72.5 Å². The van der Waals surface area contributed by atoms with Crippen LogP contribution in [-0.2, 0) is 6.54 Å². The van der Waals surface area contributed by atoms with Gasteiger partial charge in [0, 0.05) is 6.04 Å². The molecule has 1 heterocycles. The smallest absolute Gasteiger partial charge is 0.387 e. The maximum Gasteiger partial charge on any atom is 0.387 e. The summed E-state index contributed by atoms with van der Waals surface area (Å²) in [6, 6.07) is 3.45. The summed E-state index contributed by atoms with van der Waals surface area (Å²) in [5.41, 5.74) is 6.28. The number of nitrogens with zero attached hydrogens (tertiary/aromatic N) is 2. The summed E-state index contributed by atoms with van der Waals surface area (Å²) < 4.78 is 28.0. The van der Waals surface area contributed by atoms with Crippen molar-refractivity contribution in [3.63, 3.8) is 0 Å². The zero-order valence-corrected chi connectivity index (χ0v) is 9.64. The molecule has 1 aromatic rings. The van der Waals surface area contributed by atoms with Crippen LogP contribution in [0.25, 0.3) is 0 Å². The molecule has 0 bridgehead atoms. The third-order valence-electron chi connectivity index (χ3n) is 2.36. The lowest BCUT2D eigenvalue weighted by molar-refractivity contribution is -0.0500. The van der Waals surface area contributed by atoms with Crippen LogP contribution < -0.4 is 15.8 Å². The average Bonchev–Trinajstić information content (AvgIpc) is 3.11. The second-order valence-electron chi connectivity index (χ2n) is 3.98. The van der Waals surface area contributed by atoms with E-state index in [4.69, 9.17) is 5.73 Å². The quantitative estimate of drug-likeness (QED) is 0.614. The number of aliphatic imine (C=N–C) groups is 1. The Bertz CT molecular complexity index is 418. The van der Waals surface area contributed by atoms with Crippen molar-refractivity contribution in [1.82, 2.24) is 10.3 Å². The summed E-state index contributed by atoms with van der Waals surface area (Å²) in [6.45, 7) is -2.53. The number of hydrogen-bond donors (Lipinski definition) is 2. The summed E-state index contributed by atoms with van der Waals surface area (Å²) >= 11 is 0. The van der Waals surface area contributed by atoms with Gasteiger partial charge >= 0.3 is 6.61 Å². The minimum Gasteiger partial charge on any atom is -0.433 e. The van der Waals surface area contributed by atoms with E-state index in [9.17, 15) is 8.78 Å². The molecule has 0 amide bonds. The molecule has 1 fully saturated rings. The van der Waals surface area contributed by atoms with Crippen molar-refractivity contribution in [3.8, 4) is 5.75 Å². The van der Waals surface area contributed by atoms with Gasteiger partial charge in [-0.15, -0.1) is 0 Å². The lowest BCUT2D eigenvalue weighted by Gasteiger charge is -2.05. The Morgan fingerprint density at radius 2 is 2.33 bits per heavy atom. The molecule has 0 unspecified atom stereocenters. The van der Waals surface area contributed by atoms with Gasteiger partial charge < -0.3 is 15.8 Å². The molecule has 0 radical (unpaired) electrons. The molecule has 0 aliphatic heterocycles. The molecule has 3 N–H and O–H groups in total. The van der Waals surface area contributed by atoms with Crippen LogP contribution in [0.1, 0.15) is 18.5 Å². The fraction of sp³-hybridized carbons (Fsp3) is 0.455. The number of pyridine rings is 1. The van der Waals surface area contributed by atoms with Crippen LogP contribution in [0.2, 0.25) is 0 Å². The first kappa shape index (κ1) is 12.5. The fourth-order valence-electron chi connectivity index (χ4n) is 1.33. The Kier molecular flexibility index (Phi) is 3.91. The van der Waals surface area contributed by atoms with E-state index in [0.29, 0.717) is 24.2 Å². The van der Waals surface area contributed by atoms with E-state index in [1.807, 2.05) is 0 Å². The highest BCUT2D eigenvalue weighted by Crippen LogP contribution is 2.18. The number of alkyl halides is 2. The normalized spacial score (nSPS) is 15.8. The van der Waals surface area contributed by atoms with Crippen molar-refractivity contribution in [3.05, 3.63) is 24.0 Å². The van der Waals surface area contributed by atoms with E-state index in [0.717, 1.165) is 12.8 Å². The zero-order chi connectivity index (χ0) is 13.0. The van der Waals surface area contributed by atoms with Crippen LogP contribution in [0, 0.1) is 0 Å². The number of ether oxygens (including phenoxy) is 1. The predicted molar refractivity (Wildman–Crippen MR) is 62.4 cm³/mol. The lowest BCUT2D eigenvalue weighted by atomic mass is 10.3. The number of nitrogens with one attached hydrogen (secondary N) is 1. The molecule has 5 nitrogen and oxygen atoms in total. The standard InChI is InChI=1S/C11H14F2N4O/c12-10(13)18-9-4-3-8(15-6-9)5-16-11(14)17-7-1-2-7/h3-4,6-7,10H,1-2,5H2,(H3,14,16,17). The Balaban J connectivity index is 1.85. The molecule has 0 spiro atoms. The summed E-state index contributed by atoms with van der Waals surface area (Å²) in [4.78, 5) is 8.05. The first-order valence-corrected chi connectivity index (χ1v) is 5.59. The monoisotopic (exact) mass is 256 g/mol. The van der Waals surface area contributed by atoms with Gasteiger partial charge in [0.2, 0.25) is 0 Å². The first-order chi connectivity index (χ1) is 8.63. The van der Waals surface area contributed by atoms with E-state index in [2.05, 4.69) is 20.0 Å². The molecule has 1 aromatic heterocycles. The van der Waals surface area contributed by atoms with Gasteiger partial charge in [0.15, 0.2) is 5.96 Å². The van der Waals surface area contributed by atoms with Crippen molar-refractivity contribution in [1.29, 1.82) is 0 Å². The van der Waals surface area contributed by atoms with Gasteiger partial charge in [-0.3, -0.25) is 4.98 Å². The molecule has 0 aromatic carbocycles. The summed E-state index contributed by atoms with van der Waals surface area (Å²) in [7, 11) is 0. The van der Waals surface area contributed by atoms with E-state index < -0.39 is 6.61 Å². The van der Waals surface area contributed by atoms with Crippen molar-refractivity contribution >= 4 is 5.96 Å². The second kappa shape index (κ2) is 5.61. The van der Waals surface area contributed by atoms with Gasteiger partial charge in [-0.1, -0.05) is 0 Å². The third-order valence-corrected chi connectivity index (χ3v) is 2.36. The van der Waals surface area contributed by atoms with Crippen LogP contribution in [0.5, 0.6) is 5.75 Å². The van der Waals surface area contributed by atoms with Crippen LogP contribution in [0.4, 0.5) is 8.78 Å². The molecule has 1 saturated carbocycles. The van der Waals surface area contributed by atoms with Gasteiger partial charge in [-0.05, 0) is 25.0 Å². The highest BCUT2D eigenvalue weighted by Gasteiger charge is 2.21. The Hall–Kier alpha value is -1.92. The zero-order valence-electron chi connectivity index (χ0n) is 9.64. The fourth-order valence-corrected chi connectivity index (χ4v) is 1.33. The number of aromatic nitrogens is 1. The summed E-state index contributed by atoms with van der Waals surface area (Å²) in [5, 5.41) is 3.04. The van der Waals surface area contributed by atoms with Gasteiger partial charge in [0.05, 0.1) is 18.4 Å². The van der Waals surface area contributed by atoms with Crippen LogP contribution in [-0.4, -0.2) is 23.6 Å². The van der Waals surface area contributed by atoms with Crippen LogP contribution in [0.15, 0.2) is 23.3 Å². The highest BCUT2D eigenvalue weighted by atomic mass is 19.3. The van der Waals surface area contributed by atoms with E-state index >= 15 is 0 Å². The summed E-state index contributed by atoms with van der Waals surface area (Å²) in [6.07, 6.45) is 3.48. The molecular formula is C11H14F2N4O. The SMILES string of the molecule is NC(=NCc1ccc(OC(F)F)cn1)NC1CC1. The maximum atomic E-state index is 11.9. The minimum atomic E-state index is -2.84. The van der Waals surface area contributed by atoms with Crippen LogP contribution in [0.3, 0.4) is 0 Å². The Labute approximate surface area is 103 Å². The van der Waals surface area contributed by atoms with Gasteiger partial charge in [-0.25, -0.2) is 4.99 Å². The molecular weight excluding hydrogens is 242 g/mol.